The van der Waals surface area contributed by atoms with Gasteiger partial charge < -0.3 is 14.2 Å². The Morgan fingerprint density at radius 3 is 2.37 bits per heavy atom. The first-order chi connectivity index (χ1) is 9.01. The van der Waals surface area contributed by atoms with Crippen LogP contribution in [0.25, 0.3) is 0 Å². The van der Waals surface area contributed by atoms with Crippen LogP contribution in [0.15, 0.2) is 30.3 Å². The van der Waals surface area contributed by atoms with Crippen molar-refractivity contribution in [3.8, 4) is 0 Å². The van der Waals surface area contributed by atoms with Crippen molar-refractivity contribution in [3.05, 3.63) is 35.9 Å². The van der Waals surface area contributed by atoms with E-state index in [1.54, 1.807) is 0 Å². The molecule has 0 saturated carbocycles. The summed E-state index contributed by atoms with van der Waals surface area (Å²) in [5.41, 5.74) is -0.725. The Morgan fingerprint density at radius 1 is 1.21 bits per heavy atom. The number of hydrogen-bond acceptors (Lipinski definition) is 5. The molecule has 1 amide bonds. The first kappa shape index (κ1) is 15.0. The normalized spacial score (nSPS) is 13.2. The van der Waals surface area contributed by atoms with Crippen molar-refractivity contribution in [3.63, 3.8) is 0 Å². The number of ether oxygens (including phenoxy) is 3. The summed E-state index contributed by atoms with van der Waals surface area (Å²) in [6.45, 7) is 1.48. The average molecular weight is 267 g/mol. The number of methoxy groups -OCH3 is 2. The molecule has 1 atom stereocenters. The summed E-state index contributed by atoms with van der Waals surface area (Å²) in [4.78, 5) is 23.0. The van der Waals surface area contributed by atoms with Gasteiger partial charge in [-0.15, -0.1) is 0 Å². The highest BCUT2D eigenvalue weighted by molar-refractivity contribution is 5.83. The molecule has 19 heavy (non-hydrogen) atoms. The zero-order valence-electron chi connectivity index (χ0n) is 11.1. The molecular formula is C13H17NO5. The average Bonchev–Trinajstić information content (AvgIpc) is 2.45. The number of carbonyl (C=O) groups excluding carboxylic acids is 2. The number of alkyl carbamates (subject to hydrolysis) is 1. The first-order valence-corrected chi connectivity index (χ1v) is 5.64. The maximum absolute atomic E-state index is 11.6. The second-order valence-corrected chi connectivity index (χ2v) is 3.92. The lowest BCUT2D eigenvalue weighted by molar-refractivity contribution is -0.167. The van der Waals surface area contributed by atoms with Crippen LogP contribution in [0.5, 0.6) is 0 Å². The van der Waals surface area contributed by atoms with Gasteiger partial charge in [-0.2, -0.15) is 0 Å². The maximum Gasteiger partial charge on any atom is 0.410 e. The molecule has 104 valence electrons. The van der Waals surface area contributed by atoms with Crippen LogP contribution < -0.4 is 5.32 Å². The zero-order chi connectivity index (χ0) is 14.3. The van der Waals surface area contributed by atoms with Gasteiger partial charge in [0.15, 0.2) is 0 Å². The van der Waals surface area contributed by atoms with E-state index in [4.69, 9.17) is 9.47 Å². The topological polar surface area (TPSA) is 73.9 Å². The maximum atomic E-state index is 11.6. The zero-order valence-corrected chi connectivity index (χ0v) is 11.1. The molecule has 0 fully saturated rings. The van der Waals surface area contributed by atoms with Crippen molar-refractivity contribution in [2.24, 2.45) is 0 Å². The van der Waals surface area contributed by atoms with Crippen LogP contribution in [0, 0.1) is 0 Å². The number of esters is 1. The van der Waals surface area contributed by atoms with Crippen LogP contribution in [0.1, 0.15) is 12.5 Å². The van der Waals surface area contributed by atoms with E-state index in [0.717, 1.165) is 5.56 Å². The van der Waals surface area contributed by atoms with E-state index in [-0.39, 0.29) is 6.61 Å². The van der Waals surface area contributed by atoms with E-state index in [0.29, 0.717) is 0 Å². The van der Waals surface area contributed by atoms with Crippen LogP contribution in [0.2, 0.25) is 0 Å². The highest BCUT2D eigenvalue weighted by atomic mass is 16.6. The van der Waals surface area contributed by atoms with E-state index in [1.165, 1.54) is 21.1 Å². The highest BCUT2D eigenvalue weighted by Crippen LogP contribution is 2.08. The Morgan fingerprint density at radius 2 is 1.84 bits per heavy atom. The van der Waals surface area contributed by atoms with Crippen LogP contribution in [-0.4, -0.2) is 32.0 Å². The van der Waals surface area contributed by atoms with Crippen LogP contribution in [0.3, 0.4) is 0 Å². The third kappa shape index (κ3) is 4.26. The van der Waals surface area contributed by atoms with E-state index >= 15 is 0 Å². The van der Waals surface area contributed by atoms with Crippen LogP contribution in [-0.2, 0) is 25.6 Å². The highest BCUT2D eigenvalue weighted by Gasteiger charge is 2.36. The van der Waals surface area contributed by atoms with Gasteiger partial charge in [-0.05, 0) is 12.5 Å². The van der Waals surface area contributed by atoms with Crippen molar-refractivity contribution < 1.29 is 23.8 Å². The summed E-state index contributed by atoms with van der Waals surface area (Å²) in [7, 11) is 2.49. The number of benzene rings is 1. The Labute approximate surface area is 111 Å². The lowest BCUT2D eigenvalue weighted by Gasteiger charge is -2.25. The number of carbonyl (C=O) groups is 2. The fourth-order valence-corrected chi connectivity index (χ4v) is 1.33. The molecule has 6 nitrogen and oxygen atoms in total. The third-order valence-electron chi connectivity index (χ3n) is 2.54. The number of rotatable bonds is 5. The largest absolute Gasteiger partial charge is 0.465 e. The van der Waals surface area contributed by atoms with E-state index < -0.39 is 17.8 Å². The molecule has 0 aromatic heterocycles. The van der Waals surface area contributed by atoms with Crippen molar-refractivity contribution in [2.45, 2.75) is 19.3 Å². The van der Waals surface area contributed by atoms with Gasteiger partial charge in [0.05, 0.1) is 7.11 Å². The van der Waals surface area contributed by atoms with Gasteiger partial charge in [-0.25, -0.2) is 9.59 Å². The molecule has 6 heteroatoms. The summed E-state index contributed by atoms with van der Waals surface area (Å²) >= 11 is 0. The lowest BCUT2D eigenvalue weighted by Crippen LogP contribution is -2.54. The van der Waals surface area contributed by atoms with Gasteiger partial charge in [0.2, 0.25) is 5.72 Å². The molecule has 0 spiro atoms. The SMILES string of the molecule is COC(=O)C(C)(NC(=O)OCc1ccccc1)OC. The molecule has 0 aliphatic heterocycles. The second-order valence-electron chi connectivity index (χ2n) is 3.92. The summed E-state index contributed by atoms with van der Waals surface area (Å²) in [6, 6.07) is 9.18. The molecule has 1 N–H and O–H groups in total. The molecule has 1 aromatic carbocycles. The Kier molecular flexibility index (Phi) is 5.32. The van der Waals surface area contributed by atoms with Crippen molar-refractivity contribution in [1.82, 2.24) is 5.32 Å². The van der Waals surface area contributed by atoms with Gasteiger partial charge in [0.25, 0.3) is 0 Å². The van der Waals surface area contributed by atoms with Crippen LogP contribution in [0.4, 0.5) is 4.79 Å². The molecule has 1 rings (SSSR count). The van der Waals surface area contributed by atoms with E-state index in [1.807, 2.05) is 30.3 Å². The minimum Gasteiger partial charge on any atom is -0.465 e. The fourth-order valence-electron chi connectivity index (χ4n) is 1.33. The fraction of sp³-hybridized carbons (Fsp3) is 0.385. The minimum absolute atomic E-state index is 0.105. The van der Waals surface area contributed by atoms with Gasteiger partial charge in [0, 0.05) is 7.11 Å². The first-order valence-electron chi connectivity index (χ1n) is 5.64. The van der Waals surface area contributed by atoms with Crippen molar-refractivity contribution in [1.29, 1.82) is 0 Å². The smallest absolute Gasteiger partial charge is 0.410 e. The predicted molar refractivity (Wildman–Crippen MR) is 67.2 cm³/mol. The Balaban J connectivity index is 2.52. The predicted octanol–water partition coefficient (Wildman–Crippen LogP) is 1.45. The standard InChI is InChI=1S/C13H17NO5/c1-13(18-3,11(15)17-2)14-12(16)19-9-10-7-5-4-6-8-10/h4-8H,9H2,1-3H3,(H,14,16). The Bertz CT molecular complexity index is 434. The monoisotopic (exact) mass is 267 g/mol. The lowest BCUT2D eigenvalue weighted by atomic mass is 10.2. The molecule has 0 saturated heterocycles. The molecule has 0 aliphatic carbocycles. The molecule has 0 heterocycles. The summed E-state index contributed by atoms with van der Waals surface area (Å²) < 4.78 is 14.4. The summed E-state index contributed by atoms with van der Waals surface area (Å²) in [5, 5.41) is 2.31. The third-order valence-corrected chi connectivity index (χ3v) is 2.54. The van der Waals surface area contributed by atoms with Crippen molar-refractivity contribution >= 4 is 12.1 Å². The molecule has 1 unspecified atom stereocenters. The molecule has 0 radical (unpaired) electrons. The number of hydrogen-bond donors (Lipinski definition) is 1. The molecular weight excluding hydrogens is 250 g/mol. The molecule has 0 bridgehead atoms. The number of nitrogens with one attached hydrogen (secondary N) is 1. The quantitative estimate of drug-likeness (QED) is 0.645. The minimum atomic E-state index is -1.57. The Hall–Kier alpha value is -2.08. The summed E-state index contributed by atoms with van der Waals surface area (Å²) in [6.07, 6.45) is -0.765. The van der Waals surface area contributed by atoms with Crippen LogP contribution >= 0.6 is 0 Å². The van der Waals surface area contributed by atoms with Gasteiger partial charge >= 0.3 is 12.1 Å². The number of amides is 1. The van der Waals surface area contributed by atoms with Gasteiger partial charge in [-0.3, -0.25) is 5.32 Å². The van der Waals surface area contributed by atoms with E-state index in [9.17, 15) is 9.59 Å². The van der Waals surface area contributed by atoms with E-state index in [2.05, 4.69) is 10.1 Å². The summed E-state index contributed by atoms with van der Waals surface area (Å²) in [5.74, 6) is -0.716. The molecule has 0 aliphatic rings. The van der Waals surface area contributed by atoms with Crippen molar-refractivity contribution in [2.75, 3.05) is 14.2 Å². The molecule has 1 aromatic rings. The van der Waals surface area contributed by atoms with Gasteiger partial charge in [0.1, 0.15) is 6.61 Å². The second kappa shape index (κ2) is 6.75. The van der Waals surface area contributed by atoms with Gasteiger partial charge in [-0.1, -0.05) is 30.3 Å².